The second-order valence-corrected chi connectivity index (χ2v) is 19.0. The third kappa shape index (κ3) is 7.18. The summed E-state index contributed by atoms with van der Waals surface area (Å²) in [4.78, 5) is 26.1. The molecule has 0 saturated carbocycles. The Labute approximate surface area is 257 Å². The maximum atomic E-state index is 14.3. The maximum Gasteiger partial charge on any atom is 0.419 e. The van der Waals surface area contributed by atoms with Gasteiger partial charge in [0, 0.05) is 56.7 Å². The van der Waals surface area contributed by atoms with Crippen LogP contribution in [0.3, 0.4) is 0 Å². The van der Waals surface area contributed by atoms with E-state index in [0.717, 1.165) is 17.2 Å². The molecule has 1 fully saturated rings. The summed E-state index contributed by atoms with van der Waals surface area (Å²) in [7, 11) is -1.36. The lowest BCUT2D eigenvalue weighted by Gasteiger charge is -2.36. The van der Waals surface area contributed by atoms with E-state index in [-0.39, 0.29) is 42.6 Å². The molecule has 0 aliphatic carbocycles. The Bertz CT molecular complexity index is 1660. The van der Waals surface area contributed by atoms with Crippen LogP contribution in [0.15, 0.2) is 24.5 Å². The van der Waals surface area contributed by atoms with Crippen LogP contribution in [0, 0.1) is 6.92 Å². The summed E-state index contributed by atoms with van der Waals surface area (Å²) in [5.41, 5.74) is -0.0930. The fourth-order valence-corrected chi connectivity index (χ4v) is 6.47. The Balaban J connectivity index is 1.55. The molecule has 0 radical (unpaired) electrons. The summed E-state index contributed by atoms with van der Waals surface area (Å²) in [6.07, 6.45) is -2.20. The highest BCUT2D eigenvalue weighted by Crippen LogP contribution is 2.40. The first-order valence-electron chi connectivity index (χ1n) is 14.3. The minimum Gasteiger partial charge on any atom is -0.465 e. The van der Waals surface area contributed by atoms with Gasteiger partial charge in [0.2, 0.25) is 5.95 Å². The van der Waals surface area contributed by atoms with Gasteiger partial charge in [-0.1, -0.05) is 31.0 Å². The lowest BCUT2D eigenvalue weighted by Crippen LogP contribution is -2.49. The number of carbonyl (C=O) groups is 1. The molecule has 16 heteroatoms. The van der Waals surface area contributed by atoms with Gasteiger partial charge in [-0.25, -0.2) is 19.7 Å². The van der Waals surface area contributed by atoms with Gasteiger partial charge in [0.25, 0.3) is 0 Å². The number of aromatic nitrogens is 6. The van der Waals surface area contributed by atoms with Crippen LogP contribution in [0.2, 0.25) is 25.7 Å². The summed E-state index contributed by atoms with van der Waals surface area (Å²) in [5, 5.41) is 22.7. The van der Waals surface area contributed by atoms with E-state index in [2.05, 4.69) is 45.1 Å². The zero-order valence-electron chi connectivity index (χ0n) is 25.1. The molecule has 1 saturated heterocycles. The Morgan fingerprint density at radius 3 is 2.64 bits per heavy atom. The number of likely N-dealkylation sites (tertiary alicyclic amines) is 1. The first-order chi connectivity index (χ1) is 20.7. The van der Waals surface area contributed by atoms with Crippen LogP contribution >= 0.6 is 11.3 Å². The minimum atomic E-state index is -4.73. The molecule has 1 aliphatic heterocycles. The van der Waals surface area contributed by atoms with E-state index in [1.807, 2.05) is 13.8 Å². The summed E-state index contributed by atoms with van der Waals surface area (Å²) in [6, 6.07) is 3.84. The number of aryl methyl sites for hydroxylation is 1. The molecule has 1 amide bonds. The Kier molecular flexibility index (Phi) is 8.96. The van der Waals surface area contributed by atoms with Gasteiger partial charge in [-0.2, -0.15) is 13.2 Å². The molecule has 236 valence electrons. The summed E-state index contributed by atoms with van der Waals surface area (Å²) >= 11 is 1.37. The minimum absolute atomic E-state index is 0.0147. The fraction of sp³-hybridized carbons (Fsp3) is 0.500. The number of carboxylic acid groups (broad SMARTS) is 1. The normalized spacial score (nSPS) is 17.8. The lowest BCUT2D eigenvalue weighted by atomic mass is 10.00. The van der Waals surface area contributed by atoms with Gasteiger partial charge in [-0.05, 0) is 44.9 Å². The number of fused-ring (bicyclic) bond motifs is 1. The van der Waals surface area contributed by atoms with E-state index in [0.29, 0.717) is 41.2 Å². The predicted octanol–water partition coefficient (Wildman–Crippen LogP) is 6.59. The van der Waals surface area contributed by atoms with Crippen LogP contribution in [0.1, 0.15) is 30.3 Å². The fourth-order valence-electron chi connectivity index (χ4n) is 5.05. The number of ether oxygens (including phenoxy) is 1. The number of anilines is 1. The predicted molar refractivity (Wildman–Crippen MR) is 164 cm³/mol. The number of amides is 1. The van der Waals surface area contributed by atoms with Gasteiger partial charge in [0.15, 0.2) is 5.01 Å². The first-order valence-corrected chi connectivity index (χ1v) is 18.8. The van der Waals surface area contributed by atoms with Crippen molar-refractivity contribution in [3.63, 3.8) is 0 Å². The van der Waals surface area contributed by atoms with Gasteiger partial charge in [0.05, 0.1) is 5.69 Å². The van der Waals surface area contributed by atoms with Crippen LogP contribution in [-0.2, 0) is 17.6 Å². The second-order valence-electron chi connectivity index (χ2n) is 12.2. The van der Waals surface area contributed by atoms with Crippen LogP contribution < -0.4 is 5.32 Å². The quantitative estimate of drug-likeness (QED) is 0.152. The van der Waals surface area contributed by atoms with Crippen molar-refractivity contribution < 1.29 is 27.8 Å². The van der Waals surface area contributed by atoms with Gasteiger partial charge in [-0.3, -0.25) is 0 Å². The van der Waals surface area contributed by atoms with Crippen molar-refractivity contribution in [1.29, 1.82) is 0 Å². The second kappa shape index (κ2) is 12.4. The Morgan fingerprint density at radius 2 is 1.98 bits per heavy atom. The molecule has 5 heterocycles. The number of nitrogens with zero attached hydrogens (tertiary/aromatic N) is 7. The molecular weight excluding hydrogens is 614 g/mol. The number of hydrogen-bond donors (Lipinski definition) is 2. The standard InChI is InChI=1S/C28H35F3N8O3SSi/c1-16-6-7-18(13-39(16)27(40)41)33-26-32-12-21(28(29,30)31)23(35-26)20-14-38(15-42-10-11-44(3,4)5)24-19(20)8-9-22(34-24)25-37-36-17(2)43-25/h8-9,12,14,16,18H,6-7,10-11,13,15H2,1-5H3,(H,40,41)(H,32,33,35)/t16-,18-/m1/s1. The number of piperidine rings is 1. The highest BCUT2D eigenvalue weighted by Gasteiger charge is 2.37. The van der Waals surface area contributed by atoms with Crippen molar-refractivity contribution in [2.75, 3.05) is 18.5 Å². The Morgan fingerprint density at radius 1 is 1.20 bits per heavy atom. The number of nitrogens with one attached hydrogen (secondary N) is 1. The van der Waals surface area contributed by atoms with E-state index in [1.54, 1.807) is 22.9 Å². The van der Waals surface area contributed by atoms with Crippen molar-refractivity contribution in [1.82, 2.24) is 34.6 Å². The zero-order valence-corrected chi connectivity index (χ0v) is 27.0. The molecule has 0 spiro atoms. The van der Waals surface area contributed by atoms with Gasteiger partial charge >= 0.3 is 12.3 Å². The van der Waals surface area contributed by atoms with E-state index < -0.39 is 25.9 Å². The molecule has 0 unspecified atom stereocenters. The van der Waals surface area contributed by atoms with Crippen molar-refractivity contribution in [2.45, 2.75) is 77.4 Å². The van der Waals surface area contributed by atoms with Gasteiger partial charge < -0.3 is 24.6 Å². The molecular formula is C28H35F3N8O3SSi. The number of hydrogen-bond acceptors (Lipinski definition) is 9. The first kappa shape index (κ1) is 31.8. The lowest BCUT2D eigenvalue weighted by molar-refractivity contribution is -0.137. The number of pyridine rings is 1. The van der Waals surface area contributed by atoms with Crippen molar-refractivity contribution in [3.05, 3.63) is 35.1 Å². The molecule has 11 nitrogen and oxygen atoms in total. The Hall–Kier alpha value is -3.63. The van der Waals surface area contributed by atoms with Crippen LogP contribution in [0.5, 0.6) is 0 Å². The van der Waals surface area contributed by atoms with Gasteiger partial charge in [0.1, 0.15) is 28.6 Å². The van der Waals surface area contributed by atoms with E-state index in [1.165, 1.54) is 16.2 Å². The number of alkyl halides is 3. The number of halogens is 3. The van der Waals surface area contributed by atoms with Crippen molar-refractivity contribution >= 4 is 42.5 Å². The van der Waals surface area contributed by atoms with Crippen LogP contribution in [-0.4, -0.2) is 79.1 Å². The summed E-state index contributed by atoms with van der Waals surface area (Å²) in [6.45, 7) is 11.2. The van der Waals surface area contributed by atoms with Gasteiger partial charge in [-0.15, -0.1) is 10.2 Å². The van der Waals surface area contributed by atoms with Crippen molar-refractivity contribution in [3.8, 4) is 22.0 Å². The molecule has 44 heavy (non-hydrogen) atoms. The van der Waals surface area contributed by atoms with E-state index >= 15 is 0 Å². The van der Waals surface area contributed by atoms with Crippen LogP contribution in [0.25, 0.3) is 33.0 Å². The summed E-state index contributed by atoms with van der Waals surface area (Å²) in [5.74, 6) is -0.0147. The maximum absolute atomic E-state index is 14.3. The molecule has 1 aliphatic rings. The van der Waals surface area contributed by atoms with E-state index in [4.69, 9.17) is 9.72 Å². The average Bonchev–Trinajstić information content (AvgIpc) is 3.54. The molecule has 0 bridgehead atoms. The highest BCUT2D eigenvalue weighted by molar-refractivity contribution is 7.14. The molecule has 4 aromatic rings. The van der Waals surface area contributed by atoms with Crippen molar-refractivity contribution in [2.24, 2.45) is 0 Å². The third-order valence-electron chi connectivity index (χ3n) is 7.50. The molecule has 2 N–H and O–H groups in total. The monoisotopic (exact) mass is 648 g/mol. The molecule has 0 aromatic carbocycles. The third-order valence-corrected chi connectivity index (χ3v) is 10.1. The topological polar surface area (TPSA) is 131 Å². The average molecular weight is 649 g/mol. The molecule has 2 atom stereocenters. The largest absolute Gasteiger partial charge is 0.465 e. The SMILES string of the molecule is Cc1nnc(-c2ccc3c(-c4nc(N[C@@H]5CC[C@@H](C)N(C(=O)O)C5)ncc4C(F)(F)F)cn(COCC[Si](C)(C)C)c3n2)s1. The number of rotatable bonds is 9. The molecule has 5 rings (SSSR count). The summed E-state index contributed by atoms with van der Waals surface area (Å²) < 4.78 is 50.7. The smallest absolute Gasteiger partial charge is 0.419 e. The van der Waals surface area contributed by atoms with Crippen LogP contribution in [0.4, 0.5) is 23.9 Å². The zero-order chi connectivity index (χ0) is 31.8. The highest BCUT2D eigenvalue weighted by atomic mass is 32.1. The molecule has 4 aromatic heterocycles. The van der Waals surface area contributed by atoms with E-state index in [9.17, 15) is 23.1 Å².